The Hall–Kier alpha value is -1.65. The van der Waals surface area contributed by atoms with Gasteiger partial charge in [-0.3, -0.25) is 0 Å². The van der Waals surface area contributed by atoms with E-state index >= 15 is 0 Å². The molecule has 0 aliphatic carbocycles. The molecular weight excluding hydrogens is 220 g/mol. The lowest BCUT2D eigenvalue weighted by atomic mass is 10.1. The number of rotatable bonds is 2. The molecule has 1 heterocycles. The zero-order chi connectivity index (χ0) is 13.2. The van der Waals surface area contributed by atoms with Gasteiger partial charge in [-0.1, -0.05) is 0 Å². The average molecular weight is 238 g/mol. The number of carbonyl (C=O) groups is 1. The van der Waals surface area contributed by atoms with Gasteiger partial charge in [0.25, 0.3) is 0 Å². The summed E-state index contributed by atoms with van der Waals surface area (Å²) in [6, 6.07) is 0.257. The third-order valence-electron chi connectivity index (χ3n) is 2.04. The molecule has 0 atom stereocenters. The Morgan fingerprint density at radius 3 is 1.94 bits per heavy atom. The van der Waals surface area contributed by atoms with Crippen molar-refractivity contribution in [3.05, 3.63) is 17.0 Å². The zero-order valence-corrected chi connectivity index (χ0v) is 11.1. The molecule has 0 saturated heterocycles. The summed E-state index contributed by atoms with van der Waals surface area (Å²) >= 11 is 0. The van der Waals surface area contributed by atoms with Crippen molar-refractivity contribution in [3.8, 4) is 6.01 Å². The van der Waals surface area contributed by atoms with E-state index in [1.807, 2.05) is 20.8 Å². The van der Waals surface area contributed by atoms with Crippen molar-refractivity contribution >= 4 is 5.97 Å². The Morgan fingerprint density at radius 2 is 1.59 bits per heavy atom. The molecule has 94 valence electrons. The monoisotopic (exact) mass is 238 g/mol. The summed E-state index contributed by atoms with van der Waals surface area (Å²) in [6.45, 7) is 8.92. The Balaban J connectivity index is 3.10. The first-order valence-electron chi connectivity index (χ1n) is 5.37. The largest absolute Gasteiger partial charge is 0.467 e. The minimum Gasteiger partial charge on any atom is -0.467 e. The fourth-order valence-corrected chi connectivity index (χ4v) is 1.40. The summed E-state index contributed by atoms with van der Waals surface area (Å²) in [5.74, 6) is -0.407. The SMILES string of the molecule is COc1nc(C)c(C(=O)OC(C)(C)C)c(C)n1. The Morgan fingerprint density at radius 1 is 1.12 bits per heavy atom. The van der Waals surface area contributed by atoms with Crippen molar-refractivity contribution in [2.75, 3.05) is 7.11 Å². The number of nitrogens with zero attached hydrogens (tertiary/aromatic N) is 2. The number of carbonyl (C=O) groups excluding carboxylic acids is 1. The van der Waals surface area contributed by atoms with Crippen molar-refractivity contribution in [1.82, 2.24) is 9.97 Å². The number of ether oxygens (including phenoxy) is 2. The van der Waals surface area contributed by atoms with Crippen molar-refractivity contribution in [2.45, 2.75) is 40.2 Å². The maximum absolute atomic E-state index is 12.0. The Bertz CT molecular complexity index is 413. The van der Waals surface area contributed by atoms with Gasteiger partial charge in [0.1, 0.15) is 11.2 Å². The van der Waals surface area contributed by atoms with Gasteiger partial charge >= 0.3 is 12.0 Å². The van der Waals surface area contributed by atoms with E-state index in [9.17, 15) is 4.79 Å². The first-order valence-corrected chi connectivity index (χ1v) is 5.37. The van der Waals surface area contributed by atoms with Crippen molar-refractivity contribution in [3.63, 3.8) is 0 Å². The van der Waals surface area contributed by atoms with Gasteiger partial charge in [0, 0.05) is 0 Å². The molecule has 0 aliphatic heterocycles. The van der Waals surface area contributed by atoms with Crippen LogP contribution in [0.15, 0.2) is 0 Å². The Kier molecular flexibility index (Phi) is 3.70. The lowest BCUT2D eigenvalue weighted by Crippen LogP contribution is -2.25. The van der Waals surface area contributed by atoms with Crippen LogP contribution in [-0.4, -0.2) is 28.6 Å². The van der Waals surface area contributed by atoms with Gasteiger partial charge in [0.15, 0.2) is 0 Å². The average Bonchev–Trinajstić information content (AvgIpc) is 2.13. The quantitative estimate of drug-likeness (QED) is 0.738. The summed E-state index contributed by atoms with van der Waals surface area (Å²) in [6.07, 6.45) is 0. The van der Waals surface area contributed by atoms with Crippen LogP contribution in [0.5, 0.6) is 6.01 Å². The second-order valence-electron chi connectivity index (χ2n) is 4.76. The Labute approximate surface area is 101 Å². The molecule has 0 bridgehead atoms. The minimum absolute atomic E-state index is 0.257. The minimum atomic E-state index is -0.532. The van der Waals surface area contributed by atoms with E-state index in [-0.39, 0.29) is 6.01 Å². The second kappa shape index (κ2) is 4.69. The third-order valence-corrected chi connectivity index (χ3v) is 2.04. The van der Waals surface area contributed by atoms with Crippen LogP contribution in [0.4, 0.5) is 0 Å². The maximum atomic E-state index is 12.0. The molecule has 0 unspecified atom stereocenters. The first-order chi connectivity index (χ1) is 7.74. The van der Waals surface area contributed by atoms with Crippen LogP contribution in [-0.2, 0) is 4.74 Å². The van der Waals surface area contributed by atoms with Gasteiger partial charge in [-0.15, -0.1) is 0 Å². The fourth-order valence-electron chi connectivity index (χ4n) is 1.40. The lowest BCUT2D eigenvalue weighted by molar-refractivity contribution is 0.00667. The van der Waals surface area contributed by atoms with E-state index in [1.54, 1.807) is 13.8 Å². The molecule has 1 aromatic rings. The molecule has 0 fully saturated rings. The molecular formula is C12H18N2O3. The number of methoxy groups -OCH3 is 1. The van der Waals surface area contributed by atoms with Crippen LogP contribution in [0.25, 0.3) is 0 Å². The second-order valence-corrected chi connectivity index (χ2v) is 4.76. The molecule has 0 spiro atoms. The van der Waals surface area contributed by atoms with E-state index in [0.29, 0.717) is 17.0 Å². The summed E-state index contributed by atoms with van der Waals surface area (Å²) in [4.78, 5) is 20.1. The third kappa shape index (κ3) is 3.41. The summed E-state index contributed by atoms with van der Waals surface area (Å²) in [5.41, 5.74) is 0.989. The highest BCUT2D eigenvalue weighted by Crippen LogP contribution is 2.18. The molecule has 1 aromatic heterocycles. The fraction of sp³-hybridized carbons (Fsp3) is 0.583. The van der Waals surface area contributed by atoms with Crippen LogP contribution in [0, 0.1) is 13.8 Å². The van der Waals surface area contributed by atoms with Crippen LogP contribution in [0.2, 0.25) is 0 Å². The van der Waals surface area contributed by atoms with E-state index in [4.69, 9.17) is 9.47 Å². The predicted octanol–water partition coefficient (Wildman–Crippen LogP) is 2.06. The van der Waals surface area contributed by atoms with Crippen LogP contribution in [0.3, 0.4) is 0 Å². The summed E-state index contributed by atoms with van der Waals surface area (Å²) < 4.78 is 10.2. The van der Waals surface area contributed by atoms with Crippen LogP contribution in [0.1, 0.15) is 42.5 Å². The highest BCUT2D eigenvalue weighted by Gasteiger charge is 2.23. The predicted molar refractivity (Wildman–Crippen MR) is 63.2 cm³/mol. The van der Waals surface area contributed by atoms with Crippen molar-refractivity contribution in [1.29, 1.82) is 0 Å². The van der Waals surface area contributed by atoms with Crippen molar-refractivity contribution in [2.24, 2.45) is 0 Å². The van der Waals surface area contributed by atoms with Crippen molar-refractivity contribution < 1.29 is 14.3 Å². The molecule has 0 radical (unpaired) electrons. The van der Waals surface area contributed by atoms with E-state index in [0.717, 1.165) is 0 Å². The van der Waals surface area contributed by atoms with Gasteiger partial charge in [0.05, 0.1) is 18.5 Å². The zero-order valence-electron chi connectivity index (χ0n) is 11.1. The topological polar surface area (TPSA) is 61.3 Å². The number of hydrogen-bond acceptors (Lipinski definition) is 5. The van der Waals surface area contributed by atoms with Gasteiger partial charge in [0.2, 0.25) is 0 Å². The molecule has 0 N–H and O–H groups in total. The van der Waals surface area contributed by atoms with Crippen LogP contribution >= 0.6 is 0 Å². The molecule has 0 aliphatic rings. The summed E-state index contributed by atoms with van der Waals surface area (Å²) in [7, 11) is 1.49. The highest BCUT2D eigenvalue weighted by atomic mass is 16.6. The van der Waals surface area contributed by atoms with Crippen LogP contribution < -0.4 is 4.74 Å². The smallest absolute Gasteiger partial charge is 0.342 e. The summed E-state index contributed by atoms with van der Waals surface area (Å²) in [5, 5.41) is 0. The standard InChI is InChI=1S/C12H18N2O3/c1-7-9(10(15)17-12(3,4)5)8(2)14-11(13-7)16-6/h1-6H3. The maximum Gasteiger partial charge on any atom is 0.342 e. The number of esters is 1. The molecule has 5 heteroatoms. The number of aryl methyl sites for hydroxylation is 2. The molecule has 1 rings (SSSR count). The van der Waals surface area contributed by atoms with Gasteiger partial charge in [-0.25, -0.2) is 4.79 Å². The number of hydrogen-bond donors (Lipinski definition) is 0. The van der Waals surface area contributed by atoms with E-state index in [2.05, 4.69) is 9.97 Å². The molecule has 0 saturated carbocycles. The highest BCUT2D eigenvalue weighted by molar-refractivity contribution is 5.91. The normalized spacial score (nSPS) is 11.2. The molecule has 17 heavy (non-hydrogen) atoms. The number of aromatic nitrogens is 2. The van der Waals surface area contributed by atoms with Gasteiger partial charge in [-0.05, 0) is 34.6 Å². The first kappa shape index (κ1) is 13.4. The van der Waals surface area contributed by atoms with E-state index < -0.39 is 11.6 Å². The molecule has 0 amide bonds. The van der Waals surface area contributed by atoms with E-state index in [1.165, 1.54) is 7.11 Å². The molecule has 0 aromatic carbocycles. The van der Waals surface area contributed by atoms with Gasteiger partial charge < -0.3 is 9.47 Å². The lowest BCUT2D eigenvalue weighted by Gasteiger charge is -2.20. The molecule has 5 nitrogen and oxygen atoms in total. The van der Waals surface area contributed by atoms with Gasteiger partial charge in [-0.2, -0.15) is 9.97 Å².